The Kier molecular flexibility index (Phi) is 8.94. The van der Waals surface area contributed by atoms with Gasteiger partial charge in [-0.15, -0.1) is 0 Å². The average Bonchev–Trinajstić information content (AvgIpc) is 2.68. The van der Waals surface area contributed by atoms with Crippen molar-refractivity contribution in [3.05, 3.63) is 107 Å². The second-order valence-electron chi connectivity index (χ2n) is 7.81. The Hall–Kier alpha value is -2.30. The summed E-state index contributed by atoms with van der Waals surface area (Å²) < 4.78 is 29.2. The van der Waals surface area contributed by atoms with E-state index in [0.29, 0.717) is 18.2 Å². The lowest BCUT2D eigenvalue weighted by Crippen LogP contribution is -2.52. The number of hydrogen-bond donors (Lipinski definition) is 0. The molecule has 0 heterocycles. The van der Waals surface area contributed by atoms with Gasteiger partial charge in [0.15, 0.2) is 0 Å². The first-order valence-electron chi connectivity index (χ1n) is 10.4. The molecule has 3 nitrogen and oxygen atoms in total. The largest absolute Gasteiger partial charge is 0.277 e. The zero-order chi connectivity index (χ0) is 22.1. The number of allylic oxidation sites excluding steroid dienone is 4. The molecule has 0 radical (unpaired) electrons. The molecule has 2 aromatic rings. The highest BCUT2D eigenvalue weighted by Crippen LogP contribution is 2.23. The van der Waals surface area contributed by atoms with E-state index in [1.165, 1.54) is 0 Å². The van der Waals surface area contributed by atoms with Gasteiger partial charge in [-0.1, -0.05) is 104 Å². The third-order valence-electron chi connectivity index (χ3n) is 4.91. The Bertz CT molecular complexity index is 939. The van der Waals surface area contributed by atoms with E-state index in [-0.39, 0.29) is 18.6 Å². The summed E-state index contributed by atoms with van der Waals surface area (Å²) in [6.07, 6.45) is 6.35. The Morgan fingerprint density at radius 3 is 1.73 bits per heavy atom. The van der Waals surface area contributed by atoms with Crippen LogP contribution in [0.1, 0.15) is 25.0 Å². The molecule has 0 aliphatic heterocycles. The SMILES string of the molecule is C=C(C)/C=C(\C=C/C)S(=O)(=O)N(B(C)Cc1ccccc1)B(C)Cc1ccccc1. The first-order valence-corrected chi connectivity index (χ1v) is 11.8. The predicted octanol–water partition coefficient (Wildman–Crippen LogP) is 5.46. The molecular weight excluding hydrogens is 388 g/mol. The van der Waals surface area contributed by atoms with Crippen LogP contribution in [0.25, 0.3) is 0 Å². The molecule has 0 amide bonds. The first-order chi connectivity index (χ1) is 14.3. The maximum absolute atomic E-state index is 13.8. The van der Waals surface area contributed by atoms with Crippen LogP contribution in [0.4, 0.5) is 0 Å². The van der Waals surface area contributed by atoms with Crippen LogP contribution in [0.3, 0.4) is 0 Å². The lowest BCUT2D eigenvalue weighted by molar-refractivity contribution is 0.581. The highest BCUT2D eigenvalue weighted by molar-refractivity contribution is 7.95. The van der Waals surface area contributed by atoms with E-state index < -0.39 is 10.0 Å². The van der Waals surface area contributed by atoms with Crippen LogP contribution in [0.5, 0.6) is 0 Å². The van der Waals surface area contributed by atoms with Gasteiger partial charge in [0.1, 0.15) is 0 Å². The van der Waals surface area contributed by atoms with E-state index in [0.717, 1.165) is 11.1 Å². The highest BCUT2D eigenvalue weighted by Gasteiger charge is 2.37. The fourth-order valence-corrected chi connectivity index (χ4v) is 5.73. The second kappa shape index (κ2) is 11.2. The molecule has 0 fully saturated rings. The van der Waals surface area contributed by atoms with Gasteiger partial charge in [0.05, 0.1) is 4.91 Å². The van der Waals surface area contributed by atoms with Crippen LogP contribution in [-0.2, 0) is 22.7 Å². The molecule has 0 saturated heterocycles. The van der Waals surface area contributed by atoms with Crippen LogP contribution in [0.2, 0.25) is 13.6 Å². The van der Waals surface area contributed by atoms with Crippen molar-refractivity contribution in [3.63, 3.8) is 0 Å². The third-order valence-corrected chi connectivity index (χ3v) is 7.04. The van der Waals surface area contributed by atoms with Crippen LogP contribution < -0.4 is 0 Å². The second-order valence-corrected chi connectivity index (χ2v) is 9.65. The molecule has 0 unspecified atom stereocenters. The number of rotatable bonds is 10. The summed E-state index contributed by atoms with van der Waals surface area (Å²) in [7, 11) is -3.71. The van der Waals surface area contributed by atoms with Crippen LogP contribution in [0.15, 0.2) is 95.9 Å². The molecule has 0 aromatic heterocycles. The van der Waals surface area contributed by atoms with Crippen molar-refractivity contribution in [1.29, 1.82) is 0 Å². The molecule has 0 aliphatic rings. The Morgan fingerprint density at radius 1 is 0.933 bits per heavy atom. The van der Waals surface area contributed by atoms with Gasteiger partial charge < -0.3 is 0 Å². The molecule has 0 N–H and O–H groups in total. The Morgan fingerprint density at radius 2 is 1.37 bits per heavy atom. The van der Waals surface area contributed by atoms with Crippen molar-refractivity contribution in [2.45, 2.75) is 40.1 Å². The molecule has 156 valence electrons. The molecule has 0 bridgehead atoms. The molecule has 6 heteroatoms. The summed E-state index contributed by atoms with van der Waals surface area (Å²) in [5.41, 5.74) is 2.94. The standard InChI is InChI=1S/C24H31B2NO2S/c1-6-13-24(18-21(2)3)30(28,29)27(25(4)19-22-14-9-7-10-15-22)26(5)20-23-16-11-8-12-17-23/h6-18H,2,19-20H2,1,3-5H3/b13-6-,24-18+. The van der Waals surface area contributed by atoms with Crippen molar-refractivity contribution in [3.8, 4) is 0 Å². The minimum Gasteiger partial charge on any atom is -0.277 e. The maximum Gasteiger partial charge on any atom is 0.229 e. The van der Waals surface area contributed by atoms with Gasteiger partial charge in [0.2, 0.25) is 23.7 Å². The van der Waals surface area contributed by atoms with Gasteiger partial charge in [-0.3, -0.25) is 4.13 Å². The summed E-state index contributed by atoms with van der Waals surface area (Å²) in [4.78, 5) is 0.275. The lowest BCUT2D eigenvalue weighted by Gasteiger charge is -2.32. The van der Waals surface area contributed by atoms with Crippen LogP contribution >= 0.6 is 0 Å². The van der Waals surface area contributed by atoms with Gasteiger partial charge in [0.25, 0.3) is 0 Å². The van der Waals surface area contributed by atoms with Crippen molar-refractivity contribution in [2.75, 3.05) is 0 Å². The van der Waals surface area contributed by atoms with Crippen molar-refractivity contribution < 1.29 is 8.42 Å². The van der Waals surface area contributed by atoms with E-state index in [2.05, 4.69) is 6.58 Å². The van der Waals surface area contributed by atoms with Crippen LogP contribution in [0, 0.1) is 0 Å². The minimum absolute atomic E-state index is 0.199. The topological polar surface area (TPSA) is 37.4 Å². The molecule has 2 aromatic carbocycles. The van der Waals surface area contributed by atoms with Crippen molar-refractivity contribution in [1.82, 2.24) is 4.13 Å². The third kappa shape index (κ3) is 6.61. The van der Waals surface area contributed by atoms with E-state index in [9.17, 15) is 8.42 Å². The highest BCUT2D eigenvalue weighted by atomic mass is 32.2. The summed E-state index contributed by atoms with van der Waals surface area (Å²) in [6.45, 7) is 11.1. The van der Waals surface area contributed by atoms with Gasteiger partial charge in [-0.25, -0.2) is 8.42 Å². The van der Waals surface area contributed by atoms with E-state index in [4.69, 9.17) is 0 Å². The maximum atomic E-state index is 13.8. The van der Waals surface area contributed by atoms with Crippen LogP contribution in [-0.4, -0.2) is 26.2 Å². The Balaban J connectivity index is 2.46. The van der Waals surface area contributed by atoms with Gasteiger partial charge >= 0.3 is 0 Å². The summed E-state index contributed by atoms with van der Waals surface area (Å²) in [5.74, 6) is 0. The average molecular weight is 419 g/mol. The number of benzene rings is 2. The fraction of sp³-hybridized carbons (Fsp3) is 0.250. The monoisotopic (exact) mass is 419 g/mol. The van der Waals surface area contributed by atoms with E-state index in [1.54, 1.807) is 22.4 Å². The number of hydrogen-bond acceptors (Lipinski definition) is 2. The molecule has 0 aliphatic carbocycles. The van der Waals surface area contributed by atoms with Gasteiger partial charge in [0, 0.05) is 0 Å². The molecule has 30 heavy (non-hydrogen) atoms. The normalized spacial score (nSPS) is 12.4. The minimum atomic E-state index is -3.71. The molecule has 0 atom stereocenters. The zero-order valence-electron chi connectivity index (χ0n) is 18.5. The predicted molar refractivity (Wildman–Crippen MR) is 132 cm³/mol. The lowest BCUT2D eigenvalue weighted by atomic mass is 9.48. The Labute approximate surface area is 183 Å². The van der Waals surface area contributed by atoms with Gasteiger partial charge in [-0.05, 0) is 38.6 Å². The first kappa shape index (κ1) is 24.0. The number of sulfonamides is 1. The van der Waals surface area contributed by atoms with Crippen molar-refractivity contribution >= 4 is 23.7 Å². The fourth-order valence-electron chi connectivity index (χ4n) is 3.74. The molecular formula is C24H31B2NO2S. The zero-order valence-corrected chi connectivity index (χ0v) is 19.3. The summed E-state index contributed by atoms with van der Waals surface area (Å²) >= 11 is 0. The van der Waals surface area contributed by atoms with E-state index in [1.807, 2.05) is 88.2 Å². The smallest absolute Gasteiger partial charge is 0.229 e. The number of nitrogens with zero attached hydrogens (tertiary/aromatic N) is 1. The summed E-state index contributed by atoms with van der Waals surface area (Å²) in [6, 6.07) is 20.1. The summed E-state index contributed by atoms with van der Waals surface area (Å²) in [5, 5.41) is 0. The molecule has 2 rings (SSSR count). The molecule has 0 spiro atoms. The van der Waals surface area contributed by atoms with Crippen molar-refractivity contribution in [2.24, 2.45) is 0 Å². The quantitative estimate of drug-likeness (QED) is 0.379. The molecule has 0 saturated carbocycles. The van der Waals surface area contributed by atoms with Gasteiger partial charge in [-0.2, -0.15) is 0 Å². The van der Waals surface area contributed by atoms with E-state index >= 15 is 0 Å².